The SMILES string of the molecule is Cc1cc(O)cc(CNC(=O)Cc2nc(-c3ccc(Cl)c(F)c3)nn2O)c1. The van der Waals surface area contributed by atoms with E-state index in [-0.39, 0.29) is 35.4 Å². The van der Waals surface area contributed by atoms with Crippen LogP contribution < -0.4 is 5.32 Å². The Morgan fingerprint density at radius 3 is 2.78 bits per heavy atom. The van der Waals surface area contributed by atoms with Gasteiger partial charge >= 0.3 is 0 Å². The Labute approximate surface area is 159 Å². The Bertz CT molecular complexity index is 986. The van der Waals surface area contributed by atoms with Gasteiger partial charge < -0.3 is 15.6 Å². The van der Waals surface area contributed by atoms with Crippen molar-refractivity contribution in [3.8, 4) is 17.1 Å². The fraction of sp³-hybridized carbons (Fsp3) is 0.167. The fourth-order valence-corrected chi connectivity index (χ4v) is 2.67. The Kier molecular flexibility index (Phi) is 5.27. The molecule has 3 N–H and O–H groups in total. The first-order chi connectivity index (χ1) is 12.8. The van der Waals surface area contributed by atoms with Crippen LogP contribution in [0.4, 0.5) is 4.39 Å². The van der Waals surface area contributed by atoms with E-state index >= 15 is 0 Å². The van der Waals surface area contributed by atoms with Crippen LogP contribution in [0.25, 0.3) is 11.4 Å². The molecular weight excluding hydrogens is 375 g/mol. The number of benzene rings is 2. The molecule has 1 amide bonds. The lowest BCUT2D eigenvalue weighted by Crippen LogP contribution is -2.26. The zero-order valence-corrected chi connectivity index (χ0v) is 15.0. The van der Waals surface area contributed by atoms with Crippen molar-refractivity contribution >= 4 is 17.5 Å². The van der Waals surface area contributed by atoms with E-state index in [1.54, 1.807) is 12.1 Å². The average Bonchev–Trinajstić information content (AvgIpc) is 2.95. The van der Waals surface area contributed by atoms with Gasteiger partial charge in [-0.15, -0.1) is 5.10 Å². The molecule has 1 aromatic heterocycles. The number of hydrogen-bond acceptors (Lipinski definition) is 5. The summed E-state index contributed by atoms with van der Waals surface area (Å²) in [6.07, 6.45) is -0.225. The molecule has 0 fully saturated rings. The van der Waals surface area contributed by atoms with E-state index in [0.29, 0.717) is 10.4 Å². The van der Waals surface area contributed by atoms with Gasteiger partial charge in [0.15, 0.2) is 11.6 Å². The molecule has 9 heteroatoms. The van der Waals surface area contributed by atoms with E-state index in [1.165, 1.54) is 12.1 Å². The largest absolute Gasteiger partial charge is 0.508 e. The number of carbonyl (C=O) groups is 1. The van der Waals surface area contributed by atoms with Crippen LogP contribution in [-0.4, -0.2) is 31.1 Å². The summed E-state index contributed by atoms with van der Waals surface area (Å²) < 4.78 is 13.6. The van der Waals surface area contributed by atoms with Gasteiger partial charge in [0, 0.05) is 12.1 Å². The highest BCUT2D eigenvalue weighted by molar-refractivity contribution is 6.30. The highest BCUT2D eigenvalue weighted by atomic mass is 35.5. The second kappa shape index (κ2) is 7.63. The number of aromatic hydroxyl groups is 1. The summed E-state index contributed by atoms with van der Waals surface area (Å²) in [5.74, 6) is -0.838. The zero-order chi connectivity index (χ0) is 19.6. The van der Waals surface area contributed by atoms with Gasteiger partial charge in [0.05, 0.1) is 11.4 Å². The monoisotopic (exact) mass is 390 g/mol. The summed E-state index contributed by atoms with van der Waals surface area (Å²) >= 11 is 5.64. The predicted octanol–water partition coefficient (Wildman–Crippen LogP) is 2.85. The number of nitrogens with zero attached hydrogens (tertiary/aromatic N) is 3. The van der Waals surface area contributed by atoms with Gasteiger partial charge in [-0.05, 0) is 48.4 Å². The van der Waals surface area contributed by atoms with E-state index in [1.807, 2.05) is 13.0 Å². The number of carbonyl (C=O) groups excluding carboxylic acids is 1. The van der Waals surface area contributed by atoms with Crippen LogP contribution in [0, 0.1) is 12.7 Å². The number of rotatable bonds is 5. The molecule has 0 bridgehead atoms. The van der Waals surface area contributed by atoms with Gasteiger partial charge in [0.25, 0.3) is 0 Å². The molecule has 0 aliphatic heterocycles. The van der Waals surface area contributed by atoms with E-state index < -0.39 is 11.7 Å². The molecule has 3 aromatic rings. The molecule has 0 saturated carbocycles. The number of halogens is 2. The summed E-state index contributed by atoms with van der Waals surface area (Å²) in [6, 6.07) is 9.01. The van der Waals surface area contributed by atoms with Crippen molar-refractivity contribution in [1.82, 2.24) is 20.2 Å². The van der Waals surface area contributed by atoms with Crippen molar-refractivity contribution in [2.24, 2.45) is 0 Å². The normalized spacial score (nSPS) is 10.8. The molecule has 0 atom stereocenters. The molecule has 7 nitrogen and oxygen atoms in total. The second-order valence-corrected chi connectivity index (χ2v) is 6.41. The Balaban J connectivity index is 1.67. The van der Waals surface area contributed by atoms with Gasteiger partial charge in [-0.1, -0.05) is 22.5 Å². The highest BCUT2D eigenvalue weighted by Crippen LogP contribution is 2.22. The van der Waals surface area contributed by atoms with E-state index in [4.69, 9.17) is 11.6 Å². The first kappa shape index (κ1) is 18.7. The van der Waals surface area contributed by atoms with E-state index in [2.05, 4.69) is 15.4 Å². The molecule has 1 heterocycles. The zero-order valence-electron chi connectivity index (χ0n) is 14.3. The van der Waals surface area contributed by atoms with Gasteiger partial charge in [-0.3, -0.25) is 4.79 Å². The van der Waals surface area contributed by atoms with E-state index in [9.17, 15) is 19.5 Å². The van der Waals surface area contributed by atoms with Gasteiger partial charge in [-0.2, -0.15) is 0 Å². The molecule has 27 heavy (non-hydrogen) atoms. The standard InChI is InChI=1S/C18H16ClFN4O3/c1-10-4-11(6-13(25)5-10)9-21-17(26)8-16-22-18(23-24(16)27)12-2-3-14(19)15(20)7-12/h2-7,25,27H,8-9H2,1H3,(H,21,26). The third-order valence-corrected chi connectivity index (χ3v) is 4.07. The number of nitrogens with one attached hydrogen (secondary N) is 1. The minimum absolute atomic E-state index is 0.00458. The quantitative estimate of drug-likeness (QED) is 0.582. The van der Waals surface area contributed by atoms with Crippen LogP contribution >= 0.6 is 11.6 Å². The maximum absolute atomic E-state index is 13.6. The van der Waals surface area contributed by atoms with Crippen LogP contribution in [0.2, 0.25) is 5.02 Å². The van der Waals surface area contributed by atoms with Crippen LogP contribution in [0.3, 0.4) is 0 Å². The molecule has 0 saturated heterocycles. The van der Waals surface area contributed by atoms with Gasteiger partial charge in [0.2, 0.25) is 5.91 Å². The topological polar surface area (TPSA) is 100 Å². The van der Waals surface area contributed by atoms with Crippen LogP contribution in [0.5, 0.6) is 5.75 Å². The van der Waals surface area contributed by atoms with E-state index in [0.717, 1.165) is 17.2 Å². The molecule has 0 radical (unpaired) electrons. The van der Waals surface area contributed by atoms with Gasteiger partial charge in [0.1, 0.15) is 11.6 Å². The lowest BCUT2D eigenvalue weighted by atomic mass is 10.1. The van der Waals surface area contributed by atoms with Gasteiger partial charge in [-0.25, -0.2) is 9.37 Å². The Morgan fingerprint density at radius 1 is 1.30 bits per heavy atom. The lowest BCUT2D eigenvalue weighted by Gasteiger charge is -2.06. The fourth-order valence-electron chi connectivity index (χ4n) is 2.55. The highest BCUT2D eigenvalue weighted by Gasteiger charge is 2.15. The number of amides is 1. The maximum atomic E-state index is 13.6. The average molecular weight is 391 g/mol. The summed E-state index contributed by atoms with van der Waals surface area (Å²) in [5.41, 5.74) is 1.93. The van der Waals surface area contributed by atoms with Crippen molar-refractivity contribution in [2.45, 2.75) is 19.9 Å². The first-order valence-corrected chi connectivity index (χ1v) is 8.36. The van der Waals surface area contributed by atoms with Crippen molar-refractivity contribution in [1.29, 1.82) is 0 Å². The van der Waals surface area contributed by atoms with Crippen molar-refractivity contribution in [2.75, 3.05) is 0 Å². The molecule has 0 unspecified atom stereocenters. The summed E-state index contributed by atoms with van der Waals surface area (Å²) in [7, 11) is 0. The number of phenols is 1. The third-order valence-electron chi connectivity index (χ3n) is 3.76. The van der Waals surface area contributed by atoms with Crippen LogP contribution in [0.15, 0.2) is 36.4 Å². The molecule has 140 valence electrons. The smallest absolute Gasteiger partial charge is 0.228 e. The first-order valence-electron chi connectivity index (χ1n) is 7.98. The summed E-state index contributed by atoms with van der Waals surface area (Å²) in [4.78, 5) is 16.7. The molecule has 0 aliphatic rings. The minimum atomic E-state index is -0.635. The number of aromatic nitrogens is 3. The second-order valence-electron chi connectivity index (χ2n) is 6.00. The van der Waals surface area contributed by atoms with Crippen molar-refractivity contribution < 1.29 is 19.5 Å². The Hall–Kier alpha value is -3.13. The summed E-state index contributed by atoms with van der Waals surface area (Å²) in [5, 5.41) is 25.8. The van der Waals surface area contributed by atoms with Crippen LogP contribution in [-0.2, 0) is 17.8 Å². The summed E-state index contributed by atoms with van der Waals surface area (Å²) in [6.45, 7) is 2.04. The molecule has 0 aliphatic carbocycles. The Morgan fingerprint density at radius 2 is 2.07 bits per heavy atom. The predicted molar refractivity (Wildman–Crippen MR) is 96.0 cm³/mol. The minimum Gasteiger partial charge on any atom is -0.508 e. The van der Waals surface area contributed by atoms with Crippen LogP contribution in [0.1, 0.15) is 17.0 Å². The molecular formula is C18H16ClFN4O3. The molecule has 2 aromatic carbocycles. The third kappa shape index (κ3) is 4.53. The number of phenolic OH excluding ortho intramolecular Hbond substituents is 1. The molecule has 0 spiro atoms. The van der Waals surface area contributed by atoms with Crippen molar-refractivity contribution in [3.63, 3.8) is 0 Å². The lowest BCUT2D eigenvalue weighted by molar-refractivity contribution is -0.120. The maximum Gasteiger partial charge on any atom is 0.228 e. The number of hydrogen-bond donors (Lipinski definition) is 3. The van der Waals surface area contributed by atoms with Crippen molar-refractivity contribution in [3.05, 3.63) is 64.2 Å². The number of aryl methyl sites for hydroxylation is 1. The molecule has 3 rings (SSSR count).